The van der Waals surface area contributed by atoms with Gasteiger partial charge in [0.25, 0.3) is 0 Å². The second-order valence-electron chi connectivity index (χ2n) is 2.98. The van der Waals surface area contributed by atoms with Gasteiger partial charge in [-0.25, -0.2) is 0 Å². The molecule has 2 N–H and O–H groups in total. The SMILES string of the molecule is CC(N)c1ccccc1CS[CH2][Sn+3]. The Morgan fingerprint density at radius 3 is 2.77 bits per heavy atom. The molecule has 1 nitrogen and oxygen atoms in total. The van der Waals surface area contributed by atoms with Gasteiger partial charge in [-0.2, -0.15) is 0 Å². The molecule has 1 rings (SSSR count). The van der Waals surface area contributed by atoms with Crippen LogP contribution in [0.15, 0.2) is 24.3 Å². The molecule has 0 aliphatic rings. The Morgan fingerprint density at radius 1 is 1.46 bits per heavy atom. The van der Waals surface area contributed by atoms with Gasteiger partial charge in [-0.3, -0.25) is 0 Å². The summed E-state index contributed by atoms with van der Waals surface area (Å²) in [5, 5.41) is 0. The first-order chi connectivity index (χ1) is 6.25. The van der Waals surface area contributed by atoms with Gasteiger partial charge in [0.15, 0.2) is 0 Å². The molecule has 0 fully saturated rings. The molecular weight excluding hydrogens is 285 g/mol. The van der Waals surface area contributed by atoms with Crippen molar-refractivity contribution in [2.45, 2.75) is 18.7 Å². The van der Waals surface area contributed by atoms with Crippen molar-refractivity contribution in [1.29, 1.82) is 0 Å². The third-order valence-corrected chi connectivity index (χ3v) is 4.37. The van der Waals surface area contributed by atoms with E-state index in [1.165, 1.54) is 14.9 Å². The van der Waals surface area contributed by atoms with Crippen LogP contribution in [-0.2, 0) is 5.75 Å². The van der Waals surface area contributed by atoms with Crippen LogP contribution >= 0.6 is 11.8 Å². The predicted molar refractivity (Wildman–Crippen MR) is 61.0 cm³/mol. The zero-order chi connectivity index (χ0) is 9.68. The summed E-state index contributed by atoms with van der Waals surface area (Å²) >= 11 is 3.57. The standard InChI is InChI=1S/C10H14NS.Sn/c1-8(11)10-6-4-3-5-9(10)7-12-2;/h3-6,8H,2,7,11H2,1H3;/q;+3. The topological polar surface area (TPSA) is 26.0 Å². The quantitative estimate of drug-likeness (QED) is 0.861. The molecule has 1 aromatic carbocycles. The van der Waals surface area contributed by atoms with Crippen molar-refractivity contribution in [2.24, 2.45) is 5.73 Å². The average Bonchev–Trinajstić information content (AvgIpc) is 2.15. The van der Waals surface area contributed by atoms with E-state index >= 15 is 0 Å². The first kappa shape index (κ1) is 11.4. The third kappa shape index (κ3) is 3.52. The predicted octanol–water partition coefficient (Wildman–Crippen LogP) is 2.07. The minimum absolute atomic E-state index is 0.154. The summed E-state index contributed by atoms with van der Waals surface area (Å²) in [6.45, 7) is 2.04. The van der Waals surface area contributed by atoms with Gasteiger partial charge < -0.3 is 0 Å². The van der Waals surface area contributed by atoms with Gasteiger partial charge in [-0.15, -0.1) is 0 Å². The Morgan fingerprint density at radius 2 is 2.15 bits per heavy atom. The van der Waals surface area contributed by atoms with Crippen molar-refractivity contribution in [3.63, 3.8) is 0 Å². The van der Waals surface area contributed by atoms with Crippen LogP contribution in [-0.4, -0.2) is 26.3 Å². The Kier molecular flexibility index (Phi) is 5.21. The van der Waals surface area contributed by atoms with Gasteiger partial charge in [0.05, 0.1) is 0 Å². The molecule has 0 heterocycles. The van der Waals surface area contributed by atoms with Crippen molar-refractivity contribution < 1.29 is 0 Å². The molecule has 0 radical (unpaired) electrons. The third-order valence-electron chi connectivity index (χ3n) is 1.91. The molecule has 0 saturated carbocycles. The Labute approximate surface area is 97.6 Å². The van der Waals surface area contributed by atoms with E-state index in [1.54, 1.807) is 22.5 Å². The van der Waals surface area contributed by atoms with Crippen molar-refractivity contribution >= 4 is 34.3 Å². The number of thioether (sulfide) groups is 1. The van der Waals surface area contributed by atoms with Crippen molar-refractivity contribution in [2.75, 3.05) is 3.77 Å². The maximum atomic E-state index is 5.88. The van der Waals surface area contributed by atoms with Crippen LogP contribution in [0.5, 0.6) is 0 Å². The first-order valence-electron chi connectivity index (χ1n) is 4.31. The molecule has 0 aliphatic carbocycles. The summed E-state index contributed by atoms with van der Waals surface area (Å²) < 4.78 is 1.25. The van der Waals surface area contributed by atoms with Crippen LogP contribution in [0.1, 0.15) is 24.1 Å². The van der Waals surface area contributed by atoms with Gasteiger partial charge in [-0.05, 0) is 0 Å². The molecule has 0 aromatic heterocycles. The van der Waals surface area contributed by atoms with E-state index in [0.717, 1.165) is 5.75 Å². The molecule has 1 aromatic rings. The summed E-state index contributed by atoms with van der Waals surface area (Å²) in [4.78, 5) is 0. The maximum absolute atomic E-state index is 5.88. The van der Waals surface area contributed by atoms with Crippen LogP contribution in [0, 0.1) is 0 Å². The van der Waals surface area contributed by atoms with Gasteiger partial charge in [0.2, 0.25) is 0 Å². The van der Waals surface area contributed by atoms with Gasteiger partial charge in [0.1, 0.15) is 0 Å². The molecule has 0 saturated heterocycles. The van der Waals surface area contributed by atoms with Crippen molar-refractivity contribution in [3.05, 3.63) is 35.4 Å². The van der Waals surface area contributed by atoms with Gasteiger partial charge in [0, 0.05) is 0 Å². The fourth-order valence-corrected chi connectivity index (χ4v) is 2.73. The van der Waals surface area contributed by atoms with Crippen LogP contribution in [0.4, 0.5) is 0 Å². The van der Waals surface area contributed by atoms with E-state index in [4.69, 9.17) is 5.73 Å². The molecule has 66 valence electrons. The minimum atomic E-state index is 0.154. The number of rotatable bonds is 4. The van der Waals surface area contributed by atoms with E-state index in [-0.39, 0.29) is 6.04 Å². The fourth-order valence-electron chi connectivity index (χ4n) is 1.27. The summed E-state index contributed by atoms with van der Waals surface area (Å²) in [5.74, 6) is 1.10. The Balaban J connectivity index is 2.78. The summed E-state index contributed by atoms with van der Waals surface area (Å²) in [5.41, 5.74) is 8.57. The fraction of sp³-hybridized carbons (Fsp3) is 0.400. The zero-order valence-electron chi connectivity index (χ0n) is 7.79. The van der Waals surface area contributed by atoms with Crippen LogP contribution in [0.25, 0.3) is 0 Å². The van der Waals surface area contributed by atoms with E-state index < -0.39 is 0 Å². The van der Waals surface area contributed by atoms with Crippen LogP contribution in [0.3, 0.4) is 0 Å². The van der Waals surface area contributed by atoms with Gasteiger partial charge in [-0.1, -0.05) is 0 Å². The number of hydrogen-bond donors (Lipinski definition) is 1. The molecule has 1 unspecified atom stereocenters. The number of hydrogen-bond acceptors (Lipinski definition) is 2. The second-order valence-corrected chi connectivity index (χ2v) is 6.44. The first-order valence-corrected chi connectivity index (χ1v) is 7.48. The molecule has 3 heteroatoms. The second kappa shape index (κ2) is 5.93. The van der Waals surface area contributed by atoms with Crippen LogP contribution in [0.2, 0.25) is 0 Å². The molecule has 0 amide bonds. The van der Waals surface area contributed by atoms with Crippen molar-refractivity contribution in [3.8, 4) is 0 Å². The molecule has 0 bridgehead atoms. The molecule has 0 aliphatic heterocycles. The van der Waals surface area contributed by atoms with Crippen molar-refractivity contribution in [1.82, 2.24) is 0 Å². The molecule has 1 atom stereocenters. The summed E-state index contributed by atoms with van der Waals surface area (Å²) in [7, 11) is 0. The molecule has 13 heavy (non-hydrogen) atoms. The van der Waals surface area contributed by atoms with Gasteiger partial charge >= 0.3 is 97.9 Å². The molecule has 0 spiro atoms. The van der Waals surface area contributed by atoms with E-state index in [9.17, 15) is 0 Å². The van der Waals surface area contributed by atoms with E-state index in [2.05, 4.69) is 24.3 Å². The monoisotopic (exact) mass is 300 g/mol. The van der Waals surface area contributed by atoms with E-state index in [1.807, 2.05) is 18.7 Å². The Bertz CT molecular complexity index is 263. The summed E-state index contributed by atoms with van der Waals surface area (Å²) in [6.07, 6.45) is 0. The number of benzene rings is 1. The van der Waals surface area contributed by atoms with E-state index in [0.29, 0.717) is 0 Å². The summed E-state index contributed by atoms with van der Waals surface area (Å²) in [6, 6.07) is 8.61. The molecular formula is C10H14NSSn+3. The normalized spacial score (nSPS) is 12.9. The Hall–Kier alpha value is 0.329. The zero-order valence-corrected chi connectivity index (χ0v) is 11.5. The average molecular weight is 299 g/mol. The van der Waals surface area contributed by atoms with Crippen LogP contribution < -0.4 is 5.73 Å². The number of nitrogens with two attached hydrogens (primary N) is 1.